The van der Waals surface area contributed by atoms with Crippen molar-refractivity contribution >= 4 is 32.6 Å². The molecule has 7 nitrogen and oxygen atoms in total. The fourth-order valence-corrected chi connectivity index (χ4v) is 4.76. The molecule has 1 fully saturated rings. The average Bonchev–Trinajstić information content (AvgIpc) is 3.14. The molecule has 0 radical (unpaired) electrons. The van der Waals surface area contributed by atoms with Gasteiger partial charge < -0.3 is 19.9 Å². The number of methoxy groups -OCH3 is 2. The number of aliphatic hydroxyl groups is 1. The Morgan fingerprint density at radius 3 is 2.80 bits per heavy atom. The highest BCUT2D eigenvalue weighted by Crippen LogP contribution is 2.31. The molecule has 1 saturated heterocycles. The molecule has 158 valence electrons. The van der Waals surface area contributed by atoms with Crippen molar-refractivity contribution in [1.82, 2.24) is 9.88 Å². The number of carbonyl (C=O) groups is 1. The van der Waals surface area contributed by atoms with Crippen molar-refractivity contribution in [2.24, 2.45) is 0 Å². The van der Waals surface area contributed by atoms with Gasteiger partial charge in [0.05, 0.1) is 37.1 Å². The van der Waals surface area contributed by atoms with Gasteiger partial charge in [-0.05, 0) is 48.9 Å². The summed E-state index contributed by atoms with van der Waals surface area (Å²) in [5.41, 5.74) is 1.89. The van der Waals surface area contributed by atoms with Crippen molar-refractivity contribution in [1.29, 1.82) is 0 Å². The number of β-amino-alcohol motifs (C(OH)–C–C–N with tert-alkyl or cyclic N) is 1. The number of likely N-dealkylation sites (tertiary alicyclic amines) is 1. The molecule has 2 heterocycles. The van der Waals surface area contributed by atoms with Crippen molar-refractivity contribution < 1.29 is 19.4 Å². The third-order valence-electron chi connectivity index (χ3n) is 5.40. The third kappa shape index (κ3) is 4.56. The quantitative estimate of drug-likeness (QED) is 0.629. The van der Waals surface area contributed by atoms with Gasteiger partial charge in [-0.3, -0.25) is 9.69 Å². The molecule has 0 saturated carbocycles. The molecule has 0 spiro atoms. The van der Waals surface area contributed by atoms with Crippen LogP contribution in [0, 0.1) is 0 Å². The summed E-state index contributed by atoms with van der Waals surface area (Å²) in [6.07, 6.45) is 0.247. The monoisotopic (exact) mass is 427 g/mol. The number of hydrogen-bond acceptors (Lipinski definition) is 7. The first-order valence-corrected chi connectivity index (χ1v) is 10.7. The first-order valence-electron chi connectivity index (χ1n) is 9.84. The van der Waals surface area contributed by atoms with Crippen LogP contribution < -0.4 is 14.8 Å². The second-order valence-electron chi connectivity index (χ2n) is 7.38. The number of piperidine rings is 1. The van der Waals surface area contributed by atoms with Gasteiger partial charge in [-0.1, -0.05) is 23.5 Å². The maximum atomic E-state index is 12.5. The van der Waals surface area contributed by atoms with Crippen LogP contribution in [0.25, 0.3) is 10.2 Å². The summed E-state index contributed by atoms with van der Waals surface area (Å²) in [6.45, 7) is 1.41. The van der Waals surface area contributed by atoms with Crippen molar-refractivity contribution in [2.45, 2.75) is 18.4 Å². The maximum absolute atomic E-state index is 12.5. The van der Waals surface area contributed by atoms with Gasteiger partial charge in [0.2, 0.25) is 5.91 Å². The Bertz CT molecular complexity index is 1040. The topological polar surface area (TPSA) is 83.9 Å². The molecule has 2 atom stereocenters. The second-order valence-corrected chi connectivity index (χ2v) is 8.41. The minimum Gasteiger partial charge on any atom is -0.497 e. The molecular weight excluding hydrogens is 402 g/mol. The normalized spacial score (nSPS) is 19.6. The van der Waals surface area contributed by atoms with E-state index in [0.717, 1.165) is 40.2 Å². The number of rotatable bonds is 6. The fourth-order valence-electron chi connectivity index (χ4n) is 3.85. The maximum Gasteiger partial charge on any atom is 0.240 e. The molecule has 1 amide bonds. The molecule has 1 aliphatic heterocycles. The summed E-state index contributed by atoms with van der Waals surface area (Å²) in [4.78, 5) is 18.9. The van der Waals surface area contributed by atoms with Gasteiger partial charge >= 0.3 is 0 Å². The number of hydrogen-bond donors (Lipinski definition) is 2. The van der Waals surface area contributed by atoms with Crippen LogP contribution in [-0.4, -0.2) is 60.9 Å². The predicted octanol–water partition coefficient (Wildman–Crippen LogP) is 3.10. The van der Waals surface area contributed by atoms with E-state index in [1.807, 2.05) is 47.4 Å². The zero-order valence-electron chi connectivity index (χ0n) is 17.0. The van der Waals surface area contributed by atoms with Gasteiger partial charge in [0.25, 0.3) is 0 Å². The molecule has 1 aliphatic rings. The van der Waals surface area contributed by atoms with E-state index in [9.17, 15) is 9.90 Å². The number of anilines is 1. The van der Waals surface area contributed by atoms with Crippen molar-refractivity contribution in [3.63, 3.8) is 0 Å². The van der Waals surface area contributed by atoms with Crippen LogP contribution in [0.3, 0.4) is 0 Å². The lowest BCUT2D eigenvalue weighted by atomic mass is 9.87. The molecule has 0 aliphatic carbocycles. The van der Waals surface area contributed by atoms with Crippen LogP contribution in [0.4, 0.5) is 5.13 Å². The first kappa shape index (κ1) is 20.6. The highest BCUT2D eigenvalue weighted by molar-refractivity contribution is 7.22. The molecule has 1 aromatic heterocycles. The molecule has 30 heavy (non-hydrogen) atoms. The number of ether oxygens (including phenoxy) is 2. The molecule has 2 aromatic carbocycles. The minimum atomic E-state index is -0.534. The molecule has 3 aromatic rings. The van der Waals surface area contributed by atoms with Crippen LogP contribution >= 0.6 is 11.3 Å². The van der Waals surface area contributed by atoms with Gasteiger partial charge in [0, 0.05) is 12.5 Å². The van der Waals surface area contributed by atoms with Crippen LogP contribution in [0.2, 0.25) is 0 Å². The Kier molecular flexibility index (Phi) is 6.17. The number of aromatic nitrogens is 1. The highest BCUT2D eigenvalue weighted by atomic mass is 32.1. The van der Waals surface area contributed by atoms with Gasteiger partial charge in [0.1, 0.15) is 11.5 Å². The summed E-state index contributed by atoms with van der Waals surface area (Å²) < 4.78 is 11.5. The molecule has 2 N–H and O–H groups in total. The summed E-state index contributed by atoms with van der Waals surface area (Å²) in [5.74, 6) is 1.46. The Morgan fingerprint density at radius 2 is 2.03 bits per heavy atom. The van der Waals surface area contributed by atoms with Crippen LogP contribution in [0.15, 0.2) is 42.5 Å². The van der Waals surface area contributed by atoms with Gasteiger partial charge in [-0.15, -0.1) is 0 Å². The predicted molar refractivity (Wildman–Crippen MR) is 118 cm³/mol. The zero-order chi connectivity index (χ0) is 21.1. The largest absolute Gasteiger partial charge is 0.497 e. The number of benzene rings is 2. The van der Waals surface area contributed by atoms with E-state index in [4.69, 9.17) is 9.47 Å². The van der Waals surface area contributed by atoms with E-state index in [0.29, 0.717) is 11.7 Å². The number of fused-ring (bicyclic) bond motifs is 1. The number of amides is 1. The standard InChI is InChI=1S/C22H25N3O4S/c1-28-15-5-3-4-14(10-15)17-8-9-25(12-19(17)26)13-21(27)24-22-23-18-7-6-16(29-2)11-20(18)30-22/h3-7,10-11,17,19,26H,8-9,12-13H2,1-2H3,(H,23,24,27)/t17-,19+/m0/s1. The van der Waals surface area contributed by atoms with E-state index in [1.165, 1.54) is 11.3 Å². The van der Waals surface area contributed by atoms with Crippen molar-refractivity contribution in [3.8, 4) is 11.5 Å². The Labute approximate surface area is 179 Å². The smallest absolute Gasteiger partial charge is 0.240 e. The number of aliphatic hydroxyl groups excluding tert-OH is 1. The number of nitrogens with zero attached hydrogens (tertiary/aromatic N) is 2. The minimum absolute atomic E-state index is 0.0404. The average molecular weight is 428 g/mol. The Morgan fingerprint density at radius 1 is 1.23 bits per heavy atom. The lowest BCUT2D eigenvalue weighted by Gasteiger charge is -2.35. The first-order chi connectivity index (χ1) is 14.6. The molecular formula is C22H25N3O4S. The third-order valence-corrected chi connectivity index (χ3v) is 6.33. The lowest BCUT2D eigenvalue weighted by Crippen LogP contribution is -2.45. The van der Waals surface area contributed by atoms with Gasteiger partial charge in [-0.25, -0.2) is 4.98 Å². The van der Waals surface area contributed by atoms with Crippen molar-refractivity contribution in [2.75, 3.05) is 39.2 Å². The summed E-state index contributed by atoms with van der Waals surface area (Å²) in [5, 5.41) is 14.1. The van der Waals surface area contributed by atoms with E-state index < -0.39 is 6.10 Å². The molecule has 0 unspecified atom stereocenters. The van der Waals surface area contributed by atoms with E-state index >= 15 is 0 Å². The van der Waals surface area contributed by atoms with E-state index in [2.05, 4.69) is 10.3 Å². The van der Waals surface area contributed by atoms with E-state index in [-0.39, 0.29) is 18.4 Å². The molecule has 0 bridgehead atoms. The molecule has 8 heteroatoms. The summed E-state index contributed by atoms with van der Waals surface area (Å²) in [7, 11) is 3.26. The van der Waals surface area contributed by atoms with Gasteiger partial charge in [-0.2, -0.15) is 0 Å². The lowest BCUT2D eigenvalue weighted by molar-refractivity contribution is -0.118. The zero-order valence-corrected chi connectivity index (χ0v) is 17.8. The van der Waals surface area contributed by atoms with E-state index in [1.54, 1.807) is 14.2 Å². The Balaban J connectivity index is 1.34. The fraction of sp³-hybridized carbons (Fsp3) is 0.364. The molecule has 4 rings (SSSR count). The van der Waals surface area contributed by atoms with Crippen LogP contribution in [0.5, 0.6) is 11.5 Å². The highest BCUT2D eigenvalue weighted by Gasteiger charge is 2.30. The van der Waals surface area contributed by atoms with Crippen LogP contribution in [0.1, 0.15) is 17.9 Å². The SMILES string of the molecule is COc1cccc([C@@H]2CCN(CC(=O)Nc3nc4ccc(OC)cc4s3)C[C@H]2O)c1. The summed E-state index contributed by atoms with van der Waals surface area (Å²) >= 11 is 1.42. The number of thiazole rings is 1. The number of carbonyl (C=O) groups excluding carboxylic acids is 1. The number of nitrogens with one attached hydrogen (secondary N) is 1. The second kappa shape index (κ2) is 8.99. The van der Waals surface area contributed by atoms with Crippen molar-refractivity contribution in [3.05, 3.63) is 48.0 Å². The van der Waals surface area contributed by atoms with Crippen LogP contribution in [-0.2, 0) is 4.79 Å². The van der Waals surface area contributed by atoms with Gasteiger partial charge in [0.15, 0.2) is 5.13 Å². The Hall–Kier alpha value is -2.68. The summed E-state index contributed by atoms with van der Waals surface area (Å²) in [6, 6.07) is 13.4.